The summed E-state index contributed by atoms with van der Waals surface area (Å²) in [6.45, 7) is 0.0207. The Morgan fingerprint density at radius 2 is 1.61 bits per heavy atom. The Morgan fingerprint density at radius 3 is 2.26 bits per heavy atom. The van der Waals surface area contributed by atoms with Crippen LogP contribution in [-0.2, 0) is 16.6 Å². The van der Waals surface area contributed by atoms with E-state index >= 15 is 0 Å². The molecule has 1 aliphatic carbocycles. The van der Waals surface area contributed by atoms with Gasteiger partial charge >= 0.3 is 5.97 Å². The van der Waals surface area contributed by atoms with E-state index < -0.39 is 27.6 Å². The third kappa shape index (κ3) is 6.74. The Bertz CT molecular complexity index is 1420. The van der Waals surface area contributed by atoms with Gasteiger partial charge < -0.3 is 15.2 Å². The van der Waals surface area contributed by atoms with E-state index in [1.54, 1.807) is 24.3 Å². The zero-order chi connectivity index (χ0) is 27.1. The third-order valence-corrected chi connectivity index (χ3v) is 7.50. The number of carbonyl (C=O) groups is 3. The van der Waals surface area contributed by atoms with Crippen LogP contribution in [-0.4, -0.2) is 42.3 Å². The van der Waals surface area contributed by atoms with Crippen LogP contribution in [0.5, 0.6) is 5.75 Å². The summed E-state index contributed by atoms with van der Waals surface area (Å²) in [4.78, 5) is 40.3. The molecule has 0 unspecified atom stereocenters. The number of carbonyl (C=O) groups excluding carboxylic acids is 2. The maximum absolute atomic E-state index is 12.8. The minimum Gasteiger partial charge on any atom is -0.486 e. The lowest BCUT2D eigenvalue weighted by Gasteiger charge is -2.22. The van der Waals surface area contributed by atoms with Crippen molar-refractivity contribution in [2.45, 2.75) is 49.6 Å². The number of carboxylic acid groups (broad SMARTS) is 1. The molecule has 3 aromatic rings. The van der Waals surface area contributed by atoms with Gasteiger partial charge in [-0.2, -0.15) is 0 Å². The van der Waals surface area contributed by atoms with Gasteiger partial charge in [-0.1, -0.05) is 49.6 Å². The second kappa shape index (κ2) is 11.9. The SMILES string of the molecule is O=C(NC1CCCCC1)c1ccc(S(=O)(=O)NC(=O)c2cnc(C(=O)O)c(OCc3ccccc3)c2)cc1. The minimum absolute atomic E-state index is 0.0207. The molecule has 0 aliphatic heterocycles. The molecule has 38 heavy (non-hydrogen) atoms. The van der Waals surface area contributed by atoms with Crippen LogP contribution in [0.25, 0.3) is 0 Å². The van der Waals surface area contributed by atoms with E-state index in [4.69, 9.17) is 4.74 Å². The van der Waals surface area contributed by atoms with Gasteiger partial charge in [-0.3, -0.25) is 9.59 Å². The van der Waals surface area contributed by atoms with Gasteiger partial charge in [0.1, 0.15) is 6.61 Å². The van der Waals surface area contributed by atoms with Crippen molar-refractivity contribution in [2.75, 3.05) is 0 Å². The van der Waals surface area contributed by atoms with E-state index in [9.17, 15) is 27.9 Å². The summed E-state index contributed by atoms with van der Waals surface area (Å²) in [7, 11) is -4.29. The highest BCUT2D eigenvalue weighted by atomic mass is 32.2. The average molecular weight is 538 g/mol. The second-order valence-corrected chi connectivity index (χ2v) is 10.6. The van der Waals surface area contributed by atoms with E-state index in [1.165, 1.54) is 24.3 Å². The highest BCUT2D eigenvalue weighted by Crippen LogP contribution is 2.21. The molecule has 3 N–H and O–H groups in total. The molecular formula is C27H27N3O7S. The van der Waals surface area contributed by atoms with E-state index in [1.807, 2.05) is 10.8 Å². The van der Waals surface area contributed by atoms with Crippen LogP contribution in [0.15, 0.2) is 71.8 Å². The van der Waals surface area contributed by atoms with Gasteiger partial charge in [-0.05, 0) is 48.7 Å². The van der Waals surface area contributed by atoms with Gasteiger partial charge in [0.15, 0.2) is 11.4 Å². The van der Waals surface area contributed by atoms with Crippen molar-refractivity contribution in [2.24, 2.45) is 0 Å². The third-order valence-electron chi connectivity index (χ3n) is 6.15. The van der Waals surface area contributed by atoms with Crippen molar-refractivity contribution in [1.29, 1.82) is 0 Å². The number of aromatic carboxylic acids is 1. The Hall–Kier alpha value is -4.25. The van der Waals surface area contributed by atoms with Crippen molar-refractivity contribution in [3.63, 3.8) is 0 Å². The molecule has 1 saturated carbocycles. The number of hydrogen-bond donors (Lipinski definition) is 3. The number of aromatic nitrogens is 1. The topological polar surface area (TPSA) is 152 Å². The smallest absolute Gasteiger partial charge is 0.358 e. The average Bonchev–Trinajstić information content (AvgIpc) is 2.92. The molecule has 4 rings (SSSR count). The molecule has 10 nitrogen and oxygen atoms in total. The number of carboxylic acids is 1. The Labute approximate surface area is 220 Å². The maximum Gasteiger partial charge on any atom is 0.358 e. The predicted molar refractivity (Wildman–Crippen MR) is 137 cm³/mol. The summed E-state index contributed by atoms with van der Waals surface area (Å²) >= 11 is 0. The summed E-state index contributed by atoms with van der Waals surface area (Å²) in [5, 5.41) is 12.4. The summed E-state index contributed by atoms with van der Waals surface area (Å²) in [6, 6.07) is 15.5. The van der Waals surface area contributed by atoms with Crippen molar-refractivity contribution in [1.82, 2.24) is 15.0 Å². The monoisotopic (exact) mass is 537 g/mol. The fraction of sp³-hybridized carbons (Fsp3) is 0.259. The fourth-order valence-electron chi connectivity index (χ4n) is 4.12. The van der Waals surface area contributed by atoms with E-state index in [0.717, 1.165) is 49.9 Å². The molecule has 0 atom stereocenters. The Morgan fingerprint density at radius 1 is 0.921 bits per heavy atom. The number of ether oxygens (including phenoxy) is 1. The lowest BCUT2D eigenvalue weighted by molar-refractivity contribution is 0.0683. The van der Waals surface area contributed by atoms with Crippen molar-refractivity contribution < 1.29 is 32.6 Å². The van der Waals surface area contributed by atoms with Crippen molar-refractivity contribution >= 4 is 27.8 Å². The first-order valence-electron chi connectivity index (χ1n) is 12.1. The number of pyridine rings is 1. The lowest BCUT2D eigenvalue weighted by Crippen LogP contribution is -2.36. The molecule has 0 spiro atoms. The van der Waals surface area contributed by atoms with Gasteiger partial charge in [-0.15, -0.1) is 0 Å². The number of amides is 2. The number of sulfonamides is 1. The van der Waals surface area contributed by atoms with Crippen LogP contribution in [0.1, 0.15) is 68.9 Å². The normalized spacial score (nSPS) is 13.9. The molecule has 0 radical (unpaired) electrons. The molecule has 11 heteroatoms. The van der Waals surface area contributed by atoms with Crippen LogP contribution < -0.4 is 14.8 Å². The minimum atomic E-state index is -4.29. The number of benzene rings is 2. The zero-order valence-electron chi connectivity index (χ0n) is 20.4. The predicted octanol–water partition coefficient (Wildman–Crippen LogP) is 3.54. The molecule has 1 heterocycles. The van der Waals surface area contributed by atoms with E-state index in [-0.39, 0.29) is 34.8 Å². The van der Waals surface area contributed by atoms with E-state index in [0.29, 0.717) is 5.56 Å². The molecule has 2 aromatic carbocycles. The van der Waals surface area contributed by atoms with Crippen LogP contribution in [0.3, 0.4) is 0 Å². The van der Waals surface area contributed by atoms with Gasteiger partial charge in [0.2, 0.25) is 0 Å². The number of nitrogens with zero attached hydrogens (tertiary/aromatic N) is 1. The van der Waals surface area contributed by atoms with Crippen LogP contribution in [0.2, 0.25) is 0 Å². The lowest BCUT2D eigenvalue weighted by atomic mass is 9.95. The first-order chi connectivity index (χ1) is 18.2. The number of hydrogen-bond acceptors (Lipinski definition) is 7. The molecule has 1 fully saturated rings. The molecule has 0 bridgehead atoms. The summed E-state index contributed by atoms with van der Waals surface area (Å²) in [6.07, 6.45) is 6.10. The standard InChI is InChI=1S/C27H27N3O7S/c31-25(29-21-9-5-2-6-10-21)19-11-13-22(14-12-19)38(35,36)30-26(32)20-15-23(24(27(33)34)28-16-20)37-17-18-7-3-1-4-8-18/h1,3-4,7-8,11-16,21H,2,5-6,9-10,17H2,(H,29,31)(H,30,32)(H,33,34). The van der Waals surface area contributed by atoms with Crippen LogP contribution in [0.4, 0.5) is 0 Å². The first-order valence-corrected chi connectivity index (χ1v) is 13.6. The van der Waals surface area contributed by atoms with Gasteiger partial charge in [-0.25, -0.2) is 22.9 Å². The highest BCUT2D eigenvalue weighted by molar-refractivity contribution is 7.90. The molecule has 2 amide bonds. The quantitative estimate of drug-likeness (QED) is 0.375. The fourth-order valence-corrected chi connectivity index (χ4v) is 5.09. The summed E-state index contributed by atoms with van der Waals surface area (Å²) < 4.78 is 33.1. The second-order valence-electron chi connectivity index (χ2n) is 8.92. The molecule has 1 aromatic heterocycles. The van der Waals surface area contributed by atoms with Gasteiger partial charge in [0.05, 0.1) is 10.5 Å². The Balaban J connectivity index is 1.45. The first kappa shape index (κ1) is 26.8. The molecule has 0 saturated heterocycles. The highest BCUT2D eigenvalue weighted by Gasteiger charge is 2.23. The largest absolute Gasteiger partial charge is 0.486 e. The van der Waals surface area contributed by atoms with E-state index in [2.05, 4.69) is 10.3 Å². The molecular weight excluding hydrogens is 510 g/mol. The van der Waals surface area contributed by atoms with Crippen molar-refractivity contribution in [3.8, 4) is 5.75 Å². The van der Waals surface area contributed by atoms with Crippen molar-refractivity contribution in [3.05, 3.63) is 89.2 Å². The summed E-state index contributed by atoms with van der Waals surface area (Å²) in [5.74, 6) is -2.84. The number of nitrogens with one attached hydrogen (secondary N) is 2. The van der Waals surface area contributed by atoms with Crippen LogP contribution >= 0.6 is 0 Å². The molecule has 1 aliphatic rings. The summed E-state index contributed by atoms with van der Waals surface area (Å²) in [5.41, 5.74) is 0.458. The zero-order valence-corrected chi connectivity index (χ0v) is 21.2. The van der Waals surface area contributed by atoms with Gasteiger partial charge in [0, 0.05) is 17.8 Å². The Kier molecular flexibility index (Phi) is 8.37. The molecule has 198 valence electrons. The maximum atomic E-state index is 12.8. The van der Waals surface area contributed by atoms with Crippen LogP contribution in [0, 0.1) is 0 Å². The van der Waals surface area contributed by atoms with Gasteiger partial charge in [0.25, 0.3) is 21.8 Å². The number of rotatable bonds is 9.